The molecule has 0 aliphatic heterocycles. The molecule has 1 fully saturated rings. The molecule has 0 saturated heterocycles. The van der Waals surface area contributed by atoms with Crippen LogP contribution >= 0.6 is 24.0 Å². The molecular weight excluding hydrogens is 337 g/mol. The van der Waals surface area contributed by atoms with Gasteiger partial charge >= 0.3 is 0 Å². The molecule has 0 spiro atoms. The Bertz CT molecular complexity index is 237. The van der Waals surface area contributed by atoms with E-state index in [1.807, 2.05) is 0 Å². The zero-order chi connectivity index (χ0) is 12.7. The van der Waals surface area contributed by atoms with Crippen LogP contribution in [0.2, 0.25) is 0 Å². The monoisotopic (exact) mass is 367 g/mol. The van der Waals surface area contributed by atoms with Gasteiger partial charge in [0.2, 0.25) is 0 Å². The van der Waals surface area contributed by atoms with Gasteiger partial charge in [0.25, 0.3) is 0 Å². The Morgan fingerprint density at radius 1 is 1.22 bits per heavy atom. The lowest BCUT2D eigenvalue weighted by atomic mass is 10.0. The minimum absolute atomic E-state index is 0. The van der Waals surface area contributed by atoms with Crippen molar-refractivity contribution in [2.75, 3.05) is 6.54 Å². The molecule has 0 heterocycles. The van der Waals surface area contributed by atoms with E-state index >= 15 is 0 Å². The normalized spacial score (nSPS) is 17.3. The second kappa shape index (κ2) is 9.87. The van der Waals surface area contributed by atoms with E-state index in [0.717, 1.165) is 18.4 Å². The fraction of sp³-hybridized carbons (Fsp3) is 0.929. The Morgan fingerprint density at radius 3 is 2.39 bits per heavy atom. The van der Waals surface area contributed by atoms with Crippen LogP contribution in [0.1, 0.15) is 59.8 Å². The number of halogens is 1. The van der Waals surface area contributed by atoms with Crippen LogP contribution in [0, 0.1) is 5.92 Å². The van der Waals surface area contributed by atoms with Gasteiger partial charge in [-0.05, 0) is 39.0 Å². The maximum Gasteiger partial charge on any atom is 0.191 e. The Labute approximate surface area is 130 Å². The maximum atomic E-state index is 4.48. The topological polar surface area (TPSA) is 36.4 Å². The largest absolute Gasteiger partial charge is 0.354 e. The van der Waals surface area contributed by atoms with Gasteiger partial charge < -0.3 is 10.6 Å². The van der Waals surface area contributed by atoms with E-state index < -0.39 is 0 Å². The van der Waals surface area contributed by atoms with E-state index in [1.165, 1.54) is 32.1 Å². The number of nitrogens with zero attached hydrogens (tertiary/aromatic N) is 1. The van der Waals surface area contributed by atoms with Crippen LogP contribution in [0.15, 0.2) is 4.99 Å². The third kappa shape index (κ3) is 9.00. The predicted molar refractivity (Wildman–Crippen MR) is 90.8 cm³/mol. The SMILES string of the molecule is CCN=C(NC(C)CCCC(C)C)NC1CC1.I. The lowest BCUT2D eigenvalue weighted by Crippen LogP contribution is -2.43. The molecule has 1 unspecified atom stereocenters. The van der Waals surface area contributed by atoms with Crippen molar-refractivity contribution >= 4 is 29.9 Å². The molecule has 1 aliphatic carbocycles. The van der Waals surface area contributed by atoms with Gasteiger partial charge in [-0.3, -0.25) is 4.99 Å². The van der Waals surface area contributed by atoms with E-state index in [1.54, 1.807) is 0 Å². The summed E-state index contributed by atoms with van der Waals surface area (Å²) in [6.07, 6.45) is 6.45. The van der Waals surface area contributed by atoms with E-state index in [0.29, 0.717) is 12.1 Å². The Balaban J connectivity index is 0.00000289. The Kier molecular flexibility index (Phi) is 9.87. The van der Waals surface area contributed by atoms with Crippen molar-refractivity contribution in [1.82, 2.24) is 10.6 Å². The molecule has 1 atom stereocenters. The molecule has 0 aromatic rings. The summed E-state index contributed by atoms with van der Waals surface area (Å²) in [4.78, 5) is 4.48. The van der Waals surface area contributed by atoms with Gasteiger partial charge in [-0.2, -0.15) is 0 Å². The highest BCUT2D eigenvalue weighted by atomic mass is 127. The van der Waals surface area contributed by atoms with Gasteiger partial charge in [0.15, 0.2) is 5.96 Å². The third-order valence-electron chi connectivity index (χ3n) is 3.04. The van der Waals surface area contributed by atoms with Crippen molar-refractivity contribution in [2.24, 2.45) is 10.9 Å². The standard InChI is InChI=1S/C14H29N3.HI/c1-5-15-14(17-13-9-10-13)16-12(4)8-6-7-11(2)3;/h11-13H,5-10H2,1-4H3,(H2,15,16,17);1H. The molecule has 0 aromatic heterocycles. The third-order valence-corrected chi connectivity index (χ3v) is 3.04. The summed E-state index contributed by atoms with van der Waals surface area (Å²) in [5, 5.41) is 6.96. The second-order valence-electron chi connectivity index (χ2n) is 5.61. The highest BCUT2D eigenvalue weighted by Gasteiger charge is 2.22. The van der Waals surface area contributed by atoms with Gasteiger partial charge in [-0.25, -0.2) is 0 Å². The molecule has 0 aromatic carbocycles. The number of aliphatic imine (C=N–C) groups is 1. The lowest BCUT2D eigenvalue weighted by Gasteiger charge is -2.18. The minimum Gasteiger partial charge on any atom is -0.354 e. The van der Waals surface area contributed by atoms with E-state index in [4.69, 9.17) is 0 Å². The summed E-state index contributed by atoms with van der Waals surface area (Å²) in [7, 11) is 0. The van der Waals surface area contributed by atoms with E-state index in [-0.39, 0.29) is 24.0 Å². The predicted octanol–water partition coefficient (Wildman–Crippen LogP) is 3.54. The molecular formula is C14H30IN3. The van der Waals surface area contributed by atoms with Crippen molar-refractivity contribution in [3.05, 3.63) is 0 Å². The highest BCUT2D eigenvalue weighted by molar-refractivity contribution is 14.0. The van der Waals surface area contributed by atoms with E-state index in [9.17, 15) is 0 Å². The van der Waals surface area contributed by atoms with Gasteiger partial charge in [0.1, 0.15) is 0 Å². The average molecular weight is 367 g/mol. The number of hydrogen-bond donors (Lipinski definition) is 2. The molecule has 1 saturated carbocycles. The lowest BCUT2D eigenvalue weighted by molar-refractivity contribution is 0.491. The minimum atomic E-state index is 0. The molecule has 2 N–H and O–H groups in total. The molecule has 18 heavy (non-hydrogen) atoms. The fourth-order valence-corrected chi connectivity index (χ4v) is 1.85. The second-order valence-corrected chi connectivity index (χ2v) is 5.61. The van der Waals surface area contributed by atoms with Crippen molar-refractivity contribution in [2.45, 2.75) is 71.9 Å². The quantitative estimate of drug-likeness (QED) is 0.410. The number of hydrogen-bond acceptors (Lipinski definition) is 1. The highest BCUT2D eigenvalue weighted by Crippen LogP contribution is 2.18. The van der Waals surface area contributed by atoms with E-state index in [2.05, 4.69) is 43.3 Å². The molecule has 0 amide bonds. The van der Waals surface area contributed by atoms with Gasteiger partial charge in [-0.1, -0.05) is 26.7 Å². The average Bonchev–Trinajstić information content (AvgIpc) is 3.01. The molecule has 0 bridgehead atoms. The number of nitrogens with one attached hydrogen (secondary N) is 2. The van der Waals surface area contributed by atoms with Crippen LogP contribution in [-0.2, 0) is 0 Å². The first-order valence-electron chi connectivity index (χ1n) is 7.19. The summed E-state index contributed by atoms with van der Waals surface area (Å²) < 4.78 is 0. The zero-order valence-corrected chi connectivity index (χ0v) is 14.7. The van der Waals surface area contributed by atoms with Crippen LogP contribution in [0.25, 0.3) is 0 Å². The number of rotatable bonds is 7. The Morgan fingerprint density at radius 2 is 1.89 bits per heavy atom. The van der Waals surface area contributed by atoms with Crippen LogP contribution in [0.3, 0.4) is 0 Å². The molecule has 1 rings (SSSR count). The van der Waals surface area contributed by atoms with Crippen LogP contribution in [0.4, 0.5) is 0 Å². The van der Waals surface area contributed by atoms with Crippen molar-refractivity contribution in [1.29, 1.82) is 0 Å². The van der Waals surface area contributed by atoms with Crippen molar-refractivity contribution in [3.63, 3.8) is 0 Å². The van der Waals surface area contributed by atoms with Crippen LogP contribution in [0.5, 0.6) is 0 Å². The Hall–Kier alpha value is 0. The molecule has 3 nitrogen and oxygen atoms in total. The number of guanidine groups is 1. The summed E-state index contributed by atoms with van der Waals surface area (Å²) >= 11 is 0. The summed E-state index contributed by atoms with van der Waals surface area (Å²) in [5.41, 5.74) is 0. The van der Waals surface area contributed by atoms with Gasteiger partial charge in [0, 0.05) is 18.6 Å². The first kappa shape index (κ1) is 18.0. The molecule has 0 radical (unpaired) electrons. The summed E-state index contributed by atoms with van der Waals surface area (Å²) in [6.45, 7) is 9.76. The van der Waals surface area contributed by atoms with Crippen molar-refractivity contribution in [3.8, 4) is 0 Å². The van der Waals surface area contributed by atoms with Gasteiger partial charge in [-0.15, -0.1) is 24.0 Å². The first-order chi connectivity index (χ1) is 8.11. The fourth-order valence-electron chi connectivity index (χ4n) is 1.85. The zero-order valence-electron chi connectivity index (χ0n) is 12.3. The summed E-state index contributed by atoms with van der Waals surface area (Å²) in [5.74, 6) is 1.82. The van der Waals surface area contributed by atoms with Gasteiger partial charge in [0.05, 0.1) is 0 Å². The molecule has 108 valence electrons. The van der Waals surface area contributed by atoms with Crippen LogP contribution < -0.4 is 10.6 Å². The van der Waals surface area contributed by atoms with Crippen molar-refractivity contribution < 1.29 is 0 Å². The molecule has 4 heteroatoms. The summed E-state index contributed by atoms with van der Waals surface area (Å²) in [6, 6.07) is 1.20. The smallest absolute Gasteiger partial charge is 0.191 e. The first-order valence-corrected chi connectivity index (χ1v) is 7.19. The maximum absolute atomic E-state index is 4.48. The van der Waals surface area contributed by atoms with Crippen LogP contribution in [-0.4, -0.2) is 24.6 Å². The molecule has 1 aliphatic rings.